The molecule has 0 fully saturated rings. The van der Waals surface area contributed by atoms with Crippen LogP contribution < -0.4 is 4.99 Å². The Morgan fingerprint density at radius 2 is 2.08 bits per heavy atom. The molecule has 0 amide bonds. The third kappa shape index (κ3) is 3.91. The average molecular weight is 459 g/mol. The van der Waals surface area contributed by atoms with Crippen LogP contribution in [0.4, 0.5) is 0 Å². The van der Waals surface area contributed by atoms with Crippen molar-refractivity contribution in [2.45, 2.75) is 45.4 Å². The van der Waals surface area contributed by atoms with Crippen LogP contribution in [-0.4, -0.2) is 22.7 Å². The molecule has 0 saturated carbocycles. The number of hydrogen-bond acceptors (Lipinski definition) is 2. The molecular weight excluding hydrogens is 436 g/mol. The molecular formula is C18H23Br2N2O2+. The Balaban J connectivity index is 2.37. The van der Waals surface area contributed by atoms with E-state index in [1.165, 1.54) is 29.4 Å². The molecule has 0 aliphatic carbocycles. The van der Waals surface area contributed by atoms with Gasteiger partial charge in [-0.05, 0) is 37.8 Å². The topological polar surface area (TPSA) is 56.1 Å². The lowest BCUT2D eigenvalue weighted by molar-refractivity contribution is -0.382. The highest BCUT2D eigenvalue weighted by Gasteiger charge is 2.25. The van der Waals surface area contributed by atoms with Gasteiger partial charge in [-0.15, -0.1) is 0 Å². The molecule has 0 saturated heterocycles. The van der Waals surface area contributed by atoms with Crippen LogP contribution in [-0.2, 0) is 21.3 Å². The monoisotopic (exact) mass is 457 g/mol. The van der Waals surface area contributed by atoms with Crippen molar-refractivity contribution in [3.8, 4) is 0 Å². The number of methoxy groups -OCH3 is 1. The number of esters is 1. The fourth-order valence-electron chi connectivity index (χ4n) is 2.99. The van der Waals surface area contributed by atoms with E-state index in [0.29, 0.717) is 12.8 Å². The van der Waals surface area contributed by atoms with Crippen LogP contribution in [0.15, 0.2) is 16.8 Å². The van der Waals surface area contributed by atoms with Crippen molar-refractivity contribution < 1.29 is 14.5 Å². The summed E-state index contributed by atoms with van der Waals surface area (Å²) < 4.78 is 5.78. The molecule has 24 heavy (non-hydrogen) atoms. The Kier molecular flexibility index (Phi) is 6.63. The number of H-pyrrole nitrogens is 1. The number of aromatic amines is 1. The fourth-order valence-corrected chi connectivity index (χ4v) is 3.92. The van der Waals surface area contributed by atoms with Crippen LogP contribution in [0.3, 0.4) is 0 Å². The number of carbonyl (C=O) groups is 1. The molecule has 0 radical (unpaired) electrons. The number of ether oxygens (including phenoxy) is 1. The molecule has 0 spiro atoms. The Labute approximate surface area is 159 Å². The molecule has 6 heteroatoms. The minimum atomic E-state index is -0.182. The van der Waals surface area contributed by atoms with E-state index in [2.05, 4.69) is 68.7 Å². The van der Waals surface area contributed by atoms with E-state index in [9.17, 15) is 4.79 Å². The zero-order valence-corrected chi connectivity index (χ0v) is 17.7. The molecule has 130 valence electrons. The predicted octanol–water partition coefficient (Wildman–Crippen LogP) is 3.28. The maximum Gasteiger partial charge on any atom is 0.305 e. The highest BCUT2D eigenvalue weighted by atomic mass is 79.9. The molecule has 4 nitrogen and oxygen atoms in total. The van der Waals surface area contributed by atoms with Gasteiger partial charge < -0.3 is 9.72 Å². The van der Waals surface area contributed by atoms with Crippen molar-refractivity contribution in [2.24, 2.45) is 0 Å². The van der Waals surface area contributed by atoms with Gasteiger partial charge in [-0.3, -0.25) is 4.79 Å². The Morgan fingerprint density at radius 3 is 2.67 bits per heavy atom. The molecule has 0 bridgehead atoms. The normalized spacial score (nSPS) is 16.1. The summed E-state index contributed by atoms with van der Waals surface area (Å²) in [6, 6.07) is 0. The van der Waals surface area contributed by atoms with E-state index in [1.54, 1.807) is 0 Å². The first-order valence-electron chi connectivity index (χ1n) is 7.97. The van der Waals surface area contributed by atoms with Crippen LogP contribution in [0.2, 0.25) is 0 Å². The molecule has 2 rings (SSSR count). The standard InChI is InChI=1S/C18H22Br2N2O2/c1-5-12-11(3)18(20)22-15(12)8-14-10(2)13(16(9-19)21-14)6-7-17(23)24-4/h8,21H,5-7,9H2,1-4H3/p+1/b15-8-. The molecule has 2 N–H and O–H groups in total. The summed E-state index contributed by atoms with van der Waals surface area (Å²) in [5, 5.41) is 0.728. The number of alkyl halides is 1. The first-order chi connectivity index (χ1) is 11.4. The summed E-state index contributed by atoms with van der Waals surface area (Å²) >= 11 is 7.11. The highest BCUT2D eigenvalue weighted by Crippen LogP contribution is 2.26. The molecule has 0 atom stereocenters. The van der Waals surface area contributed by atoms with Gasteiger partial charge in [-0.2, -0.15) is 4.99 Å². The number of rotatable bonds is 6. The first-order valence-corrected chi connectivity index (χ1v) is 9.89. The summed E-state index contributed by atoms with van der Waals surface area (Å²) in [7, 11) is 1.43. The van der Waals surface area contributed by atoms with Crippen molar-refractivity contribution in [3.63, 3.8) is 0 Å². The van der Waals surface area contributed by atoms with Crippen molar-refractivity contribution in [2.75, 3.05) is 7.11 Å². The van der Waals surface area contributed by atoms with Gasteiger partial charge in [-0.25, -0.2) is 0 Å². The summed E-state index contributed by atoms with van der Waals surface area (Å²) in [6.45, 7) is 6.37. The maximum absolute atomic E-state index is 11.5. The number of carbonyl (C=O) groups excluding carboxylic acids is 1. The number of aromatic nitrogens is 1. The number of halogens is 2. The lowest BCUT2D eigenvalue weighted by Gasteiger charge is -2.02. The van der Waals surface area contributed by atoms with Crippen molar-refractivity contribution in [1.29, 1.82) is 0 Å². The van der Waals surface area contributed by atoms with Crippen LogP contribution in [0.1, 0.15) is 49.2 Å². The summed E-state index contributed by atoms with van der Waals surface area (Å²) in [4.78, 5) is 18.3. The third-order valence-electron chi connectivity index (χ3n) is 4.44. The number of nitrogens with one attached hydrogen (secondary N) is 2. The molecule has 1 aliphatic heterocycles. The van der Waals surface area contributed by atoms with E-state index in [1.807, 2.05) is 0 Å². The minimum absolute atomic E-state index is 0.182. The Hall–Kier alpha value is -1.14. The van der Waals surface area contributed by atoms with Gasteiger partial charge >= 0.3 is 5.97 Å². The average Bonchev–Trinajstić information content (AvgIpc) is 3.02. The minimum Gasteiger partial charge on any atom is -0.469 e. The fraction of sp³-hybridized carbons (Fsp3) is 0.444. The summed E-state index contributed by atoms with van der Waals surface area (Å²) in [5.41, 5.74) is 8.23. The molecule has 1 aromatic rings. The molecule has 0 aromatic carbocycles. The third-order valence-corrected chi connectivity index (χ3v) is 5.79. The SMILES string of the molecule is CCC1=C(C)C(Br)=[NH+]/C1=C\c1[nH]c(CBr)c(CCC(=O)OC)c1C. The second-order valence-electron chi connectivity index (χ2n) is 5.78. The number of hydrogen-bond donors (Lipinski definition) is 2. The van der Waals surface area contributed by atoms with E-state index >= 15 is 0 Å². The first kappa shape index (κ1) is 19.2. The highest BCUT2D eigenvalue weighted by molar-refractivity contribution is 9.18. The van der Waals surface area contributed by atoms with Gasteiger partial charge in [0.15, 0.2) is 0 Å². The van der Waals surface area contributed by atoms with E-state index in [-0.39, 0.29) is 5.97 Å². The van der Waals surface area contributed by atoms with Crippen molar-refractivity contribution in [3.05, 3.63) is 39.4 Å². The Morgan fingerprint density at radius 1 is 1.38 bits per heavy atom. The molecule has 0 unspecified atom stereocenters. The second kappa shape index (κ2) is 8.30. The lowest BCUT2D eigenvalue weighted by atomic mass is 10.0. The molecule has 1 aromatic heterocycles. The maximum atomic E-state index is 11.5. The summed E-state index contributed by atoms with van der Waals surface area (Å²) in [5.74, 6) is -0.182. The van der Waals surface area contributed by atoms with Gasteiger partial charge in [0.05, 0.1) is 7.11 Å². The smallest absolute Gasteiger partial charge is 0.305 e. The van der Waals surface area contributed by atoms with Crippen LogP contribution in [0, 0.1) is 6.92 Å². The van der Waals surface area contributed by atoms with Gasteiger partial charge in [0.2, 0.25) is 10.3 Å². The predicted molar refractivity (Wildman–Crippen MR) is 104 cm³/mol. The van der Waals surface area contributed by atoms with Gasteiger partial charge in [0, 0.05) is 56.3 Å². The van der Waals surface area contributed by atoms with Crippen LogP contribution >= 0.6 is 31.9 Å². The van der Waals surface area contributed by atoms with Crippen LogP contribution in [0.5, 0.6) is 0 Å². The van der Waals surface area contributed by atoms with Crippen LogP contribution in [0.25, 0.3) is 6.08 Å². The second-order valence-corrected chi connectivity index (χ2v) is 7.14. The van der Waals surface area contributed by atoms with E-state index in [0.717, 1.165) is 33.5 Å². The zero-order valence-electron chi connectivity index (χ0n) is 14.5. The van der Waals surface area contributed by atoms with Gasteiger partial charge in [0.25, 0.3) is 0 Å². The van der Waals surface area contributed by atoms with Crippen molar-refractivity contribution in [1.82, 2.24) is 4.98 Å². The van der Waals surface area contributed by atoms with E-state index in [4.69, 9.17) is 4.74 Å². The van der Waals surface area contributed by atoms with Gasteiger partial charge in [0.1, 0.15) is 0 Å². The van der Waals surface area contributed by atoms with Gasteiger partial charge in [-0.1, -0.05) is 22.9 Å². The quantitative estimate of drug-likeness (QED) is 0.507. The Bertz CT molecular complexity index is 742. The van der Waals surface area contributed by atoms with Crippen molar-refractivity contribution >= 4 is 48.5 Å². The zero-order chi connectivity index (χ0) is 17.9. The lowest BCUT2D eigenvalue weighted by Crippen LogP contribution is -2.66. The molecule has 1 aliphatic rings. The van der Waals surface area contributed by atoms with E-state index < -0.39 is 0 Å². The number of allylic oxidation sites excluding steroid dienone is 2. The largest absolute Gasteiger partial charge is 0.469 e. The molecule has 2 heterocycles. The summed E-state index contributed by atoms with van der Waals surface area (Å²) in [6.07, 6.45) is 4.19.